The van der Waals surface area contributed by atoms with Gasteiger partial charge in [0.15, 0.2) is 6.61 Å². The summed E-state index contributed by atoms with van der Waals surface area (Å²) in [6.45, 7) is 2.80. The molecule has 0 heterocycles. The number of rotatable bonds is 7. The van der Waals surface area contributed by atoms with Gasteiger partial charge in [-0.1, -0.05) is 13.3 Å². The number of benzene rings is 1. The number of unbranched alkanes of at least 4 members (excludes halogenated alkanes) is 1. The van der Waals surface area contributed by atoms with Crippen molar-refractivity contribution in [2.75, 3.05) is 20.3 Å². The first-order valence-corrected chi connectivity index (χ1v) is 6.69. The first kappa shape index (κ1) is 14.8. The fraction of sp³-hybridized carbons (Fsp3) is 0.462. The van der Waals surface area contributed by atoms with Gasteiger partial charge in [-0.15, -0.1) is 0 Å². The second kappa shape index (κ2) is 7.97. The molecule has 1 N–H and O–H groups in total. The average Bonchev–Trinajstić information content (AvgIpc) is 2.37. The van der Waals surface area contributed by atoms with Crippen molar-refractivity contribution in [3.63, 3.8) is 0 Å². The third-order valence-corrected chi connectivity index (χ3v) is 2.97. The molecule has 0 aliphatic rings. The molecule has 0 aromatic heterocycles. The van der Waals surface area contributed by atoms with Gasteiger partial charge < -0.3 is 14.8 Å². The number of ether oxygens (including phenoxy) is 2. The highest BCUT2D eigenvalue weighted by Crippen LogP contribution is 2.28. The van der Waals surface area contributed by atoms with Gasteiger partial charge in [0.1, 0.15) is 11.5 Å². The summed E-state index contributed by atoms with van der Waals surface area (Å²) in [5.74, 6) is 1.26. The van der Waals surface area contributed by atoms with Crippen molar-refractivity contribution in [3.05, 3.63) is 22.7 Å². The van der Waals surface area contributed by atoms with Crippen molar-refractivity contribution in [1.29, 1.82) is 0 Å². The minimum Gasteiger partial charge on any atom is -0.497 e. The Morgan fingerprint density at radius 1 is 1.44 bits per heavy atom. The fourth-order valence-corrected chi connectivity index (χ4v) is 1.80. The van der Waals surface area contributed by atoms with Gasteiger partial charge in [-0.2, -0.15) is 0 Å². The minimum atomic E-state index is -0.105. The minimum absolute atomic E-state index is 0.0225. The number of nitrogens with one attached hydrogen (secondary N) is 1. The lowest BCUT2D eigenvalue weighted by Crippen LogP contribution is -2.29. The molecule has 0 atom stereocenters. The van der Waals surface area contributed by atoms with Gasteiger partial charge in [0.05, 0.1) is 11.6 Å². The maximum Gasteiger partial charge on any atom is 0.257 e. The second-order valence-electron chi connectivity index (χ2n) is 3.79. The van der Waals surface area contributed by atoms with Gasteiger partial charge in [0.2, 0.25) is 0 Å². The molecule has 0 saturated carbocycles. The standard InChI is InChI=1S/C13H18BrNO3/c1-3-4-7-15-13(16)9-18-12-6-5-10(17-2)8-11(12)14/h5-6,8H,3-4,7,9H2,1-2H3,(H,15,16). The number of amides is 1. The van der Waals surface area contributed by atoms with Crippen LogP contribution in [0, 0.1) is 0 Å². The number of carbonyl (C=O) groups is 1. The van der Waals surface area contributed by atoms with E-state index in [1.807, 2.05) is 0 Å². The lowest BCUT2D eigenvalue weighted by molar-refractivity contribution is -0.123. The van der Waals surface area contributed by atoms with Crippen molar-refractivity contribution < 1.29 is 14.3 Å². The molecule has 1 aromatic carbocycles. The summed E-state index contributed by atoms with van der Waals surface area (Å²) in [4.78, 5) is 11.4. The molecule has 5 heteroatoms. The second-order valence-corrected chi connectivity index (χ2v) is 4.64. The molecular formula is C13H18BrNO3. The van der Waals surface area contributed by atoms with Crippen molar-refractivity contribution in [2.24, 2.45) is 0 Å². The fourth-order valence-electron chi connectivity index (χ4n) is 1.32. The molecule has 1 amide bonds. The van der Waals surface area contributed by atoms with Crippen LogP contribution >= 0.6 is 15.9 Å². The van der Waals surface area contributed by atoms with E-state index in [1.165, 1.54) is 0 Å². The molecule has 0 unspecified atom stereocenters. The predicted octanol–water partition coefficient (Wildman–Crippen LogP) is 2.75. The quantitative estimate of drug-likeness (QED) is 0.787. The topological polar surface area (TPSA) is 47.6 Å². The van der Waals surface area contributed by atoms with E-state index in [2.05, 4.69) is 28.2 Å². The highest BCUT2D eigenvalue weighted by atomic mass is 79.9. The summed E-state index contributed by atoms with van der Waals surface area (Å²) in [6, 6.07) is 5.35. The predicted molar refractivity (Wildman–Crippen MR) is 74.1 cm³/mol. The Morgan fingerprint density at radius 2 is 2.22 bits per heavy atom. The molecule has 1 aromatic rings. The van der Waals surface area contributed by atoms with Crippen LogP contribution in [0.25, 0.3) is 0 Å². The van der Waals surface area contributed by atoms with Gasteiger partial charge in [-0.05, 0) is 40.5 Å². The normalized spacial score (nSPS) is 9.94. The highest BCUT2D eigenvalue weighted by molar-refractivity contribution is 9.10. The van der Waals surface area contributed by atoms with Gasteiger partial charge in [-0.25, -0.2) is 0 Å². The molecule has 4 nitrogen and oxygen atoms in total. The highest BCUT2D eigenvalue weighted by Gasteiger charge is 2.06. The molecule has 18 heavy (non-hydrogen) atoms. The molecule has 0 spiro atoms. The number of hydrogen-bond acceptors (Lipinski definition) is 3. The van der Waals surface area contributed by atoms with E-state index in [9.17, 15) is 4.79 Å². The van der Waals surface area contributed by atoms with E-state index in [-0.39, 0.29) is 12.5 Å². The number of methoxy groups -OCH3 is 1. The summed E-state index contributed by atoms with van der Waals surface area (Å²) in [5, 5.41) is 2.79. The van der Waals surface area contributed by atoms with Crippen LogP contribution in [-0.4, -0.2) is 26.2 Å². The van der Waals surface area contributed by atoms with Crippen LogP contribution in [0.3, 0.4) is 0 Å². The van der Waals surface area contributed by atoms with Crippen LogP contribution in [-0.2, 0) is 4.79 Å². The molecule has 0 aliphatic carbocycles. The molecule has 100 valence electrons. The molecule has 0 bridgehead atoms. The van der Waals surface area contributed by atoms with E-state index in [0.29, 0.717) is 12.3 Å². The monoisotopic (exact) mass is 315 g/mol. The molecule has 0 radical (unpaired) electrons. The molecule has 0 aliphatic heterocycles. The molecular weight excluding hydrogens is 298 g/mol. The summed E-state index contributed by atoms with van der Waals surface area (Å²) in [7, 11) is 1.60. The van der Waals surface area contributed by atoms with Crippen LogP contribution < -0.4 is 14.8 Å². The Balaban J connectivity index is 2.41. The largest absolute Gasteiger partial charge is 0.497 e. The Bertz CT molecular complexity index is 396. The Morgan fingerprint density at radius 3 is 2.83 bits per heavy atom. The van der Waals surface area contributed by atoms with Crippen molar-refractivity contribution in [3.8, 4) is 11.5 Å². The van der Waals surface area contributed by atoms with E-state index >= 15 is 0 Å². The third kappa shape index (κ3) is 4.96. The Kier molecular flexibility index (Phi) is 6.57. The zero-order valence-corrected chi connectivity index (χ0v) is 12.2. The first-order chi connectivity index (χ1) is 8.67. The molecule has 0 fully saturated rings. The van der Waals surface area contributed by atoms with E-state index in [0.717, 1.165) is 23.1 Å². The Labute approximate surface area is 116 Å². The van der Waals surface area contributed by atoms with Crippen LogP contribution in [0.1, 0.15) is 19.8 Å². The SMILES string of the molecule is CCCCNC(=O)COc1ccc(OC)cc1Br. The lowest BCUT2D eigenvalue weighted by Gasteiger charge is -2.09. The van der Waals surface area contributed by atoms with Crippen molar-refractivity contribution in [1.82, 2.24) is 5.32 Å². The van der Waals surface area contributed by atoms with E-state index in [4.69, 9.17) is 9.47 Å². The van der Waals surface area contributed by atoms with Gasteiger partial charge >= 0.3 is 0 Å². The zero-order valence-electron chi connectivity index (χ0n) is 10.7. The number of halogens is 1. The van der Waals surface area contributed by atoms with Crippen LogP contribution in [0.5, 0.6) is 11.5 Å². The maximum absolute atomic E-state index is 11.4. The first-order valence-electron chi connectivity index (χ1n) is 5.90. The van der Waals surface area contributed by atoms with Crippen LogP contribution in [0.4, 0.5) is 0 Å². The molecule has 0 saturated heterocycles. The van der Waals surface area contributed by atoms with Gasteiger partial charge in [-0.3, -0.25) is 4.79 Å². The zero-order chi connectivity index (χ0) is 13.4. The van der Waals surface area contributed by atoms with Crippen LogP contribution in [0.2, 0.25) is 0 Å². The summed E-state index contributed by atoms with van der Waals surface area (Å²) in [5.41, 5.74) is 0. The number of hydrogen-bond donors (Lipinski definition) is 1. The van der Waals surface area contributed by atoms with Gasteiger partial charge in [0.25, 0.3) is 5.91 Å². The van der Waals surface area contributed by atoms with E-state index in [1.54, 1.807) is 25.3 Å². The smallest absolute Gasteiger partial charge is 0.257 e. The van der Waals surface area contributed by atoms with E-state index < -0.39 is 0 Å². The lowest BCUT2D eigenvalue weighted by atomic mass is 10.3. The van der Waals surface area contributed by atoms with Crippen molar-refractivity contribution >= 4 is 21.8 Å². The Hall–Kier alpha value is -1.23. The number of carbonyl (C=O) groups excluding carboxylic acids is 1. The van der Waals surface area contributed by atoms with Gasteiger partial charge in [0, 0.05) is 6.54 Å². The van der Waals surface area contributed by atoms with Crippen molar-refractivity contribution in [2.45, 2.75) is 19.8 Å². The summed E-state index contributed by atoms with van der Waals surface area (Å²) in [6.07, 6.45) is 2.04. The summed E-state index contributed by atoms with van der Waals surface area (Å²) < 4.78 is 11.3. The van der Waals surface area contributed by atoms with Crippen LogP contribution in [0.15, 0.2) is 22.7 Å². The maximum atomic E-state index is 11.4. The molecule has 1 rings (SSSR count). The third-order valence-electron chi connectivity index (χ3n) is 2.35. The summed E-state index contributed by atoms with van der Waals surface area (Å²) >= 11 is 3.37. The average molecular weight is 316 g/mol.